The molecule has 0 saturated carbocycles. The van der Waals surface area contributed by atoms with Gasteiger partial charge in [-0.05, 0) is 13.8 Å². The topological polar surface area (TPSA) is 82.0 Å². The van der Waals surface area contributed by atoms with Crippen LogP contribution in [0.2, 0.25) is 0 Å². The third kappa shape index (κ3) is 4.28. The van der Waals surface area contributed by atoms with Gasteiger partial charge < -0.3 is 10.6 Å². The Balaban J connectivity index is 3.79. The summed E-state index contributed by atoms with van der Waals surface area (Å²) in [5.74, 6) is -1.48. The van der Waals surface area contributed by atoms with Crippen molar-refractivity contribution in [2.75, 3.05) is 6.54 Å². The molecular formula is C7H11N3O2. The summed E-state index contributed by atoms with van der Waals surface area (Å²) >= 11 is 0. The Kier molecular flexibility index (Phi) is 4.46. The van der Waals surface area contributed by atoms with Crippen molar-refractivity contribution in [3.05, 3.63) is 0 Å². The molecule has 0 aromatic rings. The van der Waals surface area contributed by atoms with Gasteiger partial charge in [0.25, 0.3) is 0 Å². The van der Waals surface area contributed by atoms with Crippen LogP contribution in [-0.2, 0) is 9.59 Å². The summed E-state index contributed by atoms with van der Waals surface area (Å²) in [6.45, 7) is 3.34. The summed E-state index contributed by atoms with van der Waals surface area (Å²) in [5, 5.41) is 12.6. The lowest BCUT2D eigenvalue weighted by Gasteiger charge is -2.06. The molecule has 0 aromatic heterocycles. The number of carbonyl (C=O) groups is 2. The Morgan fingerprint density at radius 3 is 2.42 bits per heavy atom. The minimum Gasteiger partial charge on any atom is -0.346 e. The van der Waals surface area contributed by atoms with Crippen LogP contribution in [0.4, 0.5) is 0 Å². The van der Waals surface area contributed by atoms with E-state index in [0.717, 1.165) is 0 Å². The van der Waals surface area contributed by atoms with E-state index in [-0.39, 0.29) is 12.6 Å². The van der Waals surface area contributed by atoms with Gasteiger partial charge >= 0.3 is 11.8 Å². The van der Waals surface area contributed by atoms with Crippen LogP contribution in [0.5, 0.6) is 0 Å². The molecule has 2 N–H and O–H groups in total. The van der Waals surface area contributed by atoms with E-state index < -0.39 is 11.8 Å². The van der Waals surface area contributed by atoms with Gasteiger partial charge in [0.1, 0.15) is 6.54 Å². The molecule has 0 saturated heterocycles. The maximum Gasteiger partial charge on any atom is 0.310 e. The molecule has 5 heteroatoms. The summed E-state index contributed by atoms with van der Waals surface area (Å²) in [7, 11) is 0. The molecule has 0 atom stereocenters. The Labute approximate surface area is 70.7 Å². The SMILES string of the molecule is CC(C)NC(=O)C(=O)NCC#N. The molecule has 0 spiro atoms. The fourth-order valence-electron chi connectivity index (χ4n) is 0.528. The van der Waals surface area contributed by atoms with Gasteiger partial charge in [0.2, 0.25) is 0 Å². The molecule has 0 aliphatic rings. The van der Waals surface area contributed by atoms with Crippen LogP contribution in [-0.4, -0.2) is 24.4 Å². The van der Waals surface area contributed by atoms with E-state index in [1.807, 2.05) is 0 Å². The molecule has 0 radical (unpaired) electrons. The lowest BCUT2D eigenvalue weighted by molar-refractivity contribution is -0.139. The van der Waals surface area contributed by atoms with Crippen LogP contribution in [0.15, 0.2) is 0 Å². The second-order valence-electron chi connectivity index (χ2n) is 2.47. The van der Waals surface area contributed by atoms with Crippen molar-refractivity contribution in [2.45, 2.75) is 19.9 Å². The molecule has 0 heterocycles. The van der Waals surface area contributed by atoms with Gasteiger partial charge in [-0.2, -0.15) is 5.26 Å². The molecule has 0 aliphatic carbocycles. The monoisotopic (exact) mass is 169 g/mol. The van der Waals surface area contributed by atoms with Crippen molar-refractivity contribution in [2.24, 2.45) is 0 Å². The van der Waals surface area contributed by atoms with Crippen molar-refractivity contribution < 1.29 is 9.59 Å². The molecule has 0 aromatic carbocycles. The molecule has 5 nitrogen and oxygen atoms in total. The average molecular weight is 169 g/mol. The Morgan fingerprint density at radius 2 is 2.00 bits per heavy atom. The first kappa shape index (κ1) is 10.4. The van der Waals surface area contributed by atoms with Gasteiger partial charge in [0.05, 0.1) is 6.07 Å². The summed E-state index contributed by atoms with van der Waals surface area (Å²) in [5.41, 5.74) is 0. The molecule has 66 valence electrons. The molecule has 0 aliphatic heterocycles. The minimum atomic E-state index is -0.773. The molecule has 12 heavy (non-hydrogen) atoms. The highest BCUT2D eigenvalue weighted by Gasteiger charge is 2.12. The van der Waals surface area contributed by atoms with Gasteiger partial charge in [0, 0.05) is 6.04 Å². The van der Waals surface area contributed by atoms with Crippen LogP contribution in [0.25, 0.3) is 0 Å². The predicted molar refractivity (Wildman–Crippen MR) is 41.9 cm³/mol. The first-order valence-corrected chi connectivity index (χ1v) is 3.53. The number of rotatable bonds is 2. The van der Waals surface area contributed by atoms with Crippen LogP contribution in [0.3, 0.4) is 0 Å². The van der Waals surface area contributed by atoms with Crippen molar-refractivity contribution >= 4 is 11.8 Å². The number of hydrogen-bond donors (Lipinski definition) is 2. The summed E-state index contributed by atoms with van der Waals surface area (Å²) in [4.78, 5) is 21.6. The van der Waals surface area contributed by atoms with E-state index in [4.69, 9.17) is 5.26 Å². The molecule has 0 unspecified atom stereocenters. The Hall–Kier alpha value is -1.57. The number of nitriles is 1. The zero-order valence-corrected chi connectivity index (χ0v) is 7.05. The number of carbonyl (C=O) groups excluding carboxylic acids is 2. The van der Waals surface area contributed by atoms with Gasteiger partial charge in [-0.25, -0.2) is 0 Å². The molecule has 0 bridgehead atoms. The normalized spacial score (nSPS) is 8.83. The van der Waals surface area contributed by atoms with Crippen LogP contribution < -0.4 is 10.6 Å². The van der Waals surface area contributed by atoms with Crippen LogP contribution in [0.1, 0.15) is 13.8 Å². The van der Waals surface area contributed by atoms with Crippen molar-refractivity contribution in [1.82, 2.24) is 10.6 Å². The highest BCUT2D eigenvalue weighted by atomic mass is 16.2. The summed E-state index contributed by atoms with van der Waals surface area (Å²) in [6.07, 6.45) is 0. The summed E-state index contributed by atoms with van der Waals surface area (Å²) in [6, 6.07) is 1.62. The molecular weight excluding hydrogens is 158 g/mol. The van der Waals surface area contributed by atoms with Crippen molar-refractivity contribution in [1.29, 1.82) is 5.26 Å². The lowest BCUT2D eigenvalue weighted by atomic mass is 10.4. The second-order valence-corrected chi connectivity index (χ2v) is 2.47. The third-order valence-corrected chi connectivity index (χ3v) is 0.954. The maximum absolute atomic E-state index is 10.8. The van der Waals surface area contributed by atoms with E-state index in [2.05, 4.69) is 10.6 Å². The average Bonchev–Trinajstić information content (AvgIpc) is 1.98. The maximum atomic E-state index is 10.8. The molecule has 2 amide bonds. The van der Waals surface area contributed by atoms with Crippen LogP contribution in [0, 0.1) is 11.3 Å². The number of amides is 2. The predicted octanol–water partition coefficient (Wildman–Crippen LogP) is -0.849. The largest absolute Gasteiger partial charge is 0.346 e. The highest BCUT2D eigenvalue weighted by Crippen LogP contribution is 1.76. The van der Waals surface area contributed by atoms with E-state index in [0.29, 0.717) is 0 Å². The Bertz CT molecular complexity index is 217. The standard InChI is InChI=1S/C7H11N3O2/c1-5(2)10-7(12)6(11)9-4-3-8/h5H,4H2,1-2H3,(H,9,11)(H,10,12). The number of hydrogen-bond acceptors (Lipinski definition) is 3. The quantitative estimate of drug-likeness (QED) is 0.417. The smallest absolute Gasteiger partial charge is 0.310 e. The Morgan fingerprint density at radius 1 is 1.42 bits per heavy atom. The van der Waals surface area contributed by atoms with Gasteiger partial charge in [0.15, 0.2) is 0 Å². The fourth-order valence-corrected chi connectivity index (χ4v) is 0.528. The zero-order valence-electron chi connectivity index (χ0n) is 7.05. The first-order valence-electron chi connectivity index (χ1n) is 3.53. The molecule has 0 rings (SSSR count). The number of nitrogens with zero attached hydrogens (tertiary/aromatic N) is 1. The second kappa shape index (κ2) is 5.13. The third-order valence-electron chi connectivity index (χ3n) is 0.954. The summed E-state index contributed by atoms with van der Waals surface area (Å²) < 4.78 is 0. The van der Waals surface area contributed by atoms with Crippen molar-refractivity contribution in [3.8, 4) is 6.07 Å². The highest BCUT2D eigenvalue weighted by molar-refractivity contribution is 6.35. The number of nitrogens with one attached hydrogen (secondary N) is 2. The van der Waals surface area contributed by atoms with Gasteiger partial charge in [-0.15, -0.1) is 0 Å². The van der Waals surface area contributed by atoms with E-state index in [9.17, 15) is 9.59 Å². The van der Waals surface area contributed by atoms with E-state index in [1.54, 1.807) is 19.9 Å². The van der Waals surface area contributed by atoms with E-state index >= 15 is 0 Å². The zero-order chi connectivity index (χ0) is 9.56. The van der Waals surface area contributed by atoms with Crippen LogP contribution >= 0.6 is 0 Å². The first-order chi connectivity index (χ1) is 5.57. The lowest BCUT2D eigenvalue weighted by Crippen LogP contribution is -2.42. The molecule has 0 fully saturated rings. The van der Waals surface area contributed by atoms with E-state index in [1.165, 1.54) is 0 Å². The fraction of sp³-hybridized carbons (Fsp3) is 0.571. The van der Waals surface area contributed by atoms with Gasteiger partial charge in [-0.1, -0.05) is 0 Å². The van der Waals surface area contributed by atoms with Crippen molar-refractivity contribution in [3.63, 3.8) is 0 Å². The van der Waals surface area contributed by atoms with Gasteiger partial charge in [-0.3, -0.25) is 9.59 Å². The minimum absolute atomic E-state index is 0.0784.